The van der Waals surface area contributed by atoms with E-state index in [0.29, 0.717) is 39.3 Å². The minimum atomic E-state index is -0.200. The molecule has 0 aliphatic rings. The molecule has 0 aromatic rings. The minimum absolute atomic E-state index is 0. The summed E-state index contributed by atoms with van der Waals surface area (Å²) >= 11 is 0. The molecule has 1 radical (unpaired) electrons. The van der Waals surface area contributed by atoms with E-state index in [1.807, 2.05) is 83.1 Å². The largest absolute Gasteiger partial charge is 6.00 e. The number of hydrogen-bond donors (Lipinski definition) is 0. The summed E-state index contributed by atoms with van der Waals surface area (Å²) in [6, 6.07) is 0. The molecule has 0 rings (SSSR count). The molecule has 0 saturated carbocycles. The number of rotatable bonds is 18. The van der Waals surface area contributed by atoms with Gasteiger partial charge in [0.2, 0.25) is 0 Å². The second-order valence-electron chi connectivity index (χ2n) is 13.8. The Hall–Kier alpha value is -1.57. The van der Waals surface area contributed by atoms with Crippen LogP contribution < -0.4 is 0 Å². The van der Waals surface area contributed by atoms with Gasteiger partial charge in [-0.3, -0.25) is 0 Å². The smallest absolute Gasteiger partial charge is 0.504 e. The summed E-state index contributed by atoms with van der Waals surface area (Å²) in [6.07, 6.45) is 0. The average Bonchev–Trinajstić information content (AvgIpc) is 2.99. The Labute approximate surface area is 316 Å². The summed E-state index contributed by atoms with van der Waals surface area (Å²) in [7, 11) is 9.86. The first-order chi connectivity index (χ1) is 21.7. The second-order valence-corrected chi connectivity index (χ2v) is 13.8. The molecule has 49 heavy (non-hydrogen) atoms. The first-order valence-electron chi connectivity index (χ1n) is 15.2. The summed E-state index contributed by atoms with van der Waals surface area (Å²) in [5, 5.41) is 0. The van der Waals surface area contributed by atoms with Gasteiger partial charge in [0.1, 0.15) is 0 Å². The molecule has 0 aromatic heterocycles. The van der Waals surface area contributed by atoms with E-state index < -0.39 is 0 Å². The van der Waals surface area contributed by atoms with Crippen molar-refractivity contribution in [1.29, 1.82) is 0 Å². The third-order valence-corrected chi connectivity index (χ3v) is 6.15. The molecule has 0 aliphatic carbocycles. The fourth-order valence-corrected chi connectivity index (χ4v) is 1.71. The van der Waals surface area contributed by atoms with Crippen molar-refractivity contribution in [2.75, 3.05) is 81.9 Å². The Morgan fingerprint density at radius 2 is 0.367 bits per heavy atom. The molecule has 0 saturated heterocycles. The summed E-state index contributed by atoms with van der Waals surface area (Å²) in [5.74, 6) is 0. The molecule has 0 spiro atoms. The van der Waals surface area contributed by atoms with E-state index in [9.17, 15) is 0 Å². The summed E-state index contributed by atoms with van der Waals surface area (Å²) in [4.78, 5) is 20.7. The van der Waals surface area contributed by atoms with Gasteiger partial charge in [0.05, 0.1) is 33.6 Å². The standard InChI is InChI=1S/6C6H12NO.Tc/c6*1-6(2,8-4)5-7-3;/h6*3H,5H2,1-2,4H3;/q6*-1;+6. The van der Waals surface area contributed by atoms with E-state index >= 15 is 0 Å². The molecule has 0 bridgehead atoms. The molecule has 0 amide bonds. The Bertz CT molecular complexity index is 649. The Balaban J connectivity index is -0.0000000860. The average molecular weight is 783 g/mol. The van der Waals surface area contributed by atoms with Gasteiger partial charge in [-0.05, 0) is 83.1 Å². The van der Waals surface area contributed by atoms with Crippen molar-refractivity contribution in [3.05, 3.63) is 0 Å². The summed E-state index contributed by atoms with van der Waals surface area (Å²) in [6.45, 7) is 56.1. The van der Waals surface area contributed by atoms with E-state index in [0.717, 1.165) is 0 Å². The van der Waals surface area contributed by atoms with Crippen molar-refractivity contribution in [3.63, 3.8) is 0 Å². The van der Waals surface area contributed by atoms with Crippen LogP contribution in [-0.4, -0.2) is 156 Å². The van der Waals surface area contributed by atoms with Gasteiger partial charge in [-0.25, -0.2) is 0 Å². The fourth-order valence-electron chi connectivity index (χ4n) is 1.71. The van der Waals surface area contributed by atoms with Crippen LogP contribution in [-0.2, 0) is 48.5 Å². The van der Waals surface area contributed by atoms with Gasteiger partial charge in [0.25, 0.3) is 0 Å². The molecule has 12 nitrogen and oxygen atoms in total. The first kappa shape index (κ1) is 62.6. The van der Waals surface area contributed by atoms with Gasteiger partial charge in [0.15, 0.2) is 0 Å². The molecule has 0 heterocycles. The van der Waals surface area contributed by atoms with Gasteiger partial charge in [-0.1, -0.05) is 0 Å². The van der Waals surface area contributed by atoms with Crippen molar-refractivity contribution in [2.45, 2.75) is 117 Å². The Morgan fingerprint density at radius 1 is 0.286 bits per heavy atom. The monoisotopic (exact) mass is 781 g/mol. The SMILES string of the molecule is [CH-]=NCC(C)(C)OC.[CH-]=NCC(C)(C)OC.[CH-]=NCC(C)(C)OC.[CH-]=NCC(C)(C)OC.[CH-]=NCC(C)(C)OC.[CH-]=NCC(C)(C)OC.[Tc+6]. The first-order valence-corrected chi connectivity index (χ1v) is 15.2. The van der Waals surface area contributed by atoms with Crippen LogP contribution in [0.25, 0.3) is 0 Å². The minimum Gasteiger partial charge on any atom is -0.504 e. The number of aliphatic imine (C=N–C) groups is 6. The number of methoxy groups -OCH3 is 6. The van der Waals surface area contributed by atoms with Gasteiger partial charge in [0, 0.05) is 81.9 Å². The fraction of sp³-hybridized carbons (Fsp3) is 0.833. The molecule has 289 valence electrons. The van der Waals surface area contributed by atoms with Crippen molar-refractivity contribution >= 4 is 40.3 Å². The molecule has 0 unspecified atom stereocenters. The third kappa shape index (κ3) is 56.1. The van der Waals surface area contributed by atoms with E-state index in [1.54, 1.807) is 42.7 Å². The zero-order chi connectivity index (χ0) is 39.7. The third-order valence-electron chi connectivity index (χ3n) is 6.15. The summed E-state index contributed by atoms with van der Waals surface area (Å²) in [5.41, 5.74) is -1.20. The van der Waals surface area contributed by atoms with Gasteiger partial charge in [-0.2, -0.15) is 0 Å². The molecule has 0 aliphatic heterocycles. The van der Waals surface area contributed by atoms with Gasteiger partial charge in [-0.15, -0.1) is 0 Å². The second kappa shape index (κ2) is 34.9. The molecule has 0 aromatic carbocycles. The number of nitrogens with zero attached hydrogens (tertiary/aromatic N) is 6. The van der Waals surface area contributed by atoms with Crippen LogP contribution in [0.15, 0.2) is 30.0 Å². The summed E-state index contributed by atoms with van der Waals surface area (Å²) < 4.78 is 30.0. The van der Waals surface area contributed by atoms with E-state index in [4.69, 9.17) is 68.7 Å². The Morgan fingerprint density at radius 3 is 0.388 bits per heavy atom. The van der Waals surface area contributed by atoms with Crippen LogP contribution >= 0.6 is 0 Å². The maximum Gasteiger partial charge on any atom is 6.00 e. The van der Waals surface area contributed by atoms with Crippen LogP contribution in [0.3, 0.4) is 0 Å². The van der Waals surface area contributed by atoms with Crippen LogP contribution in [0.1, 0.15) is 83.1 Å². The molecule has 13 heteroatoms. The van der Waals surface area contributed by atoms with E-state index in [1.165, 1.54) is 0 Å². The zero-order valence-corrected chi connectivity index (χ0v) is 36.1. The molecule has 0 N–H and O–H groups in total. The normalized spacial score (nSPS) is 11.1. The number of ether oxygens (including phenoxy) is 6. The molecular weight excluding hydrogens is 710 g/mol. The number of hydrogen-bond acceptors (Lipinski definition) is 12. The van der Waals surface area contributed by atoms with Crippen molar-refractivity contribution in [1.82, 2.24) is 0 Å². The van der Waals surface area contributed by atoms with E-state index in [2.05, 4.69) is 30.0 Å². The maximum absolute atomic E-state index is 5.00. The predicted octanol–water partition coefficient (Wildman–Crippen LogP) is 5.93. The van der Waals surface area contributed by atoms with Crippen molar-refractivity contribution in [2.24, 2.45) is 30.0 Å². The molecule has 0 atom stereocenters. The molecular formula is C36H72N6O6Tc. The topological polar surface area (TPSA) is 130 Å². The van der Waals surface area contributed by atoms with Gasteiger partial charge >= 0.3 is 20.1 Å². The van der Waals surface area contributed by atoms with Crippen LogP contribution in [0.2, 0.25) is 0 Å². The van der Waals surface area contributed by atoms with E-state index in [-0.39, 0.29) is 53.7 Å². The predicted molar refractivity (Wildman–Crippen MR) is 207 cm³/mol. The maximum atomic E-state index is 5.00. The van der Waals surface area contributed by atoms with Crippen LogP contribution in [0, 0.1) is 0 Å². The molecule has 0 fully saturated rings. The quantitative estimate of drug-likeness (QED) is 0.125. The van der Waals surface area contributed by atoms with Crippen molar-refractivity contribution in [3.8, 4) is 0 Å². The Kier molecular flexibility index (Phi) is 44.5. The zero-order valence-electron chi connectivity index (χ0n) is 34.2. The van der Waals surface area contributed by atoms with Crippen molar-refractivity contribution < 1.29 is 48.5 Å². The van der Waals surface area contributed by atoms with Crippen LogP contribution in [0.5, 0.6) is 0 Å². The van der Waals surface area contributed by atoms with Gasteiger partial charge < -0.3 is 98.7 Å². The van der Waals surface area contributed by atoms with Crippen LogP contribution in [0.4, 0.5) is 0 Å².